The van der Waals surface area contributed by atoms with Crippen molar-refractivity contribution in [2.75, 3.05) is 6.61 Å². The molecule has 4 heteroatoms. The van der Waals surface area contributed by atoms with Gasteiger partial charge in [-0.05, 0) is 25.1 Å². The summed E-state index contributed by atoms with van der Waals surface area (Å²) < 4.78 is 4.97. The van der Waals surface area contributed by atoms with Crippen molar-refractivity contribution < 1.29 is 9.53 Å². The van der Waals surface area contributed by atoms with Gasteiger partial charge in [0.2, 0.25) is 0 Å². The molecular weight excluding hydrogens is 226 g/mol. The molecule has 0 bridgehead atoms. The number of rotatable bonds is 2. The molecule has 0 aliphatic heterocycles. The molecule has 0 aliphatic rings. The number of ether oxygens (including phenoxy) is 1. The maximum Gasteiger partial charge on any atom is 0.338 e. The van der Waals surface area contributed by atoms with Crippen LogP contribution in [0.3, 0.4) is 0 Å². The van der Waals surface area contributed by atoms with E-state index >= 15 is 0 Å². The summed E-state index contributed by atoms with van der Waals surface area (Å²) in [6, 6.07) is 6.96. The van der Waals surface area contributed by atoms with E-state index in [1.54, 1.807) is 31.3 Å². The zero-order valence-electron chi connectivity index (χ0n) is 8.74. The van der Waals surface area contributed by atoms with Gasteiger partial charge in [-0.2, -0.15) is 0 Å². The Morgan fingerprint density at radius 1 is 1.44 bits per heavy atom. The standard InChI is InChI=1S/C12H10ClNO2/c1-2-16-12(15)8-6-7-14-10-5-3-4-9(13)11(8)10/h3-7H,2H2,1H3. The molecule has 1 aromatic carbocycles. The Morgan fingerprint density at radius 2 is 2.25 bits per heavy atom. The highest BCUT2D eigenvalue weighted by atomic mass is 35.5. The van der Waals surface area contributed by atoms with E-state index in [0.29, 0.717) is 28.1 Å². The first-order valence-corrected chi connectivity index (χ1v) is 5.32. The van der Waals surface area contributed by atoms with Crippen molar-refractivity contribution in [2.24, 2.45) is 0 Å². The van der Waals surface area contributed by atoms with Crippen LogP contribution in [-0.2, 0) is 4.74 Å². The van der Waals surface area contributed by atoms with Crippen LogP contribution in [0.25, 0.3) is 10.9 Å². The van der Waals surface area contributed by atoms with Crippen molar-refractivity contribution >= 4 is 28.5 Å². The lowest BCUT2D eigenvalue weighted by atomic mass is 10.1. The summed E-state index contributed by atoms with van der Waals surface area (Å²) in [4.78, 5) is 15.9. The van der Waals surface area contributed by atoms with Crippen LogP contribution in [0, 0.1) is 0 Å². The molecule has 0 spiro atoms. The quantitative estimate of drug-likeness (QED) is 0.751. The van der Waals surface area contributed by atoms with Crippen molar-refractivity contribution in [1.29, 1.82) is 0 Å². The number of fused-ring (bicyclic) bond motifs is 1. The lowest BCUT2D eigenvalue weighted by Crippen LogP contribution is -2.05. The summed E-state index contributed by atoms with van der Waals surface area (Å²) in [5, 5.41) is 1.15. The lowest BCUT2D eigenvalue weighted by Gasteiger charge is -2.06. The van der Waals surface area contributed by atoms with Crippen LogP contribution in [0.2, 0.25) is 5.02 Å². The molecule has 1 heterocycles. The molecule has 2 aromatic rings. The summed E-state index contributed by atoms with van der Waals surface area (Å²) >= 11 is 6.06. The number of carbonyl (C=O) groups is 1. The third-order valence-corrected chi connectivity index (χ3v) is 2.53. The van der Waals surface area contributed by atoms with Gasteiger partial charge in [0.25, 0.3) is 0 Å². The third-order valence-electron chi connectivity index (χ3n) is 2.21. The van der Waals surface area contributed by atoms with Gasteiger partial charge in [-0.1, -0.05) is 17.7 Å². The van der Waals surface area contributed by atoms with E-state index in [4.69, 9.17) is 16.3 Å². The first kappa shape index (κ1) is 10.9. The molecule has 0 saturated heterocycles. The van der Waals surface area contributed by atoms with Crippen LogP contribution in [0.4, 0.5) is 0 Å². The Bertz CT molecular complexity index is 534. The van der Waals surface area contributed by atoms with E-state index in [-0.39, 0.29) is 5.97 Å². The van der Waals surface area contributed by atoms with Gasteiger partial charge < -0.3 is 4.74 Å². The van der Waals surface area contributed by atoms with Gasteiger partial charge >= 0.3 is 5.97 Å². The van der Waals surface area contributed by atoms with Gasteiger partial charge in [0.1, 0.15) is 0 Å². The van der Waals surface area contributed by atoms with Crippen LogP contribution in [-0.4, -0.2) is 17.6 Å². The average molecular weight is 236 g/mol. The van der Waals surface area contributed by atoms with Crippen molar-refractivity contribution in [1.82, 2.24) is 4.98 Å². The second kappa shape index (κ2) is 4.49. The number of pyridine rings is 1. The first-order valence-electron chi connectivity index (χ1n) is 4.94. The number of carbonyl (C=O) groups excluding carboxylic acids is 1. The maximum absolute atomic E-state index is 11.7. The van der Waals surface area contributed by atoms with Gasteiger partial charge in [-0.3, -0.25) is 4.98 Å². The van der Waals surface area contributed by atoms with E-state index in [0.717, 1.165) is 0 Å². The largest absolute Gasteiger partial charge is 0.462 e. The van der Waals surface area contributed by atoms with Crippen molar-refractivity contribution in [2.45, 2.75) is 6.92 Å². The Hall–Kier alpha value is -1.61. The number of hydrogen-bond acceptors (Lipinski definition) is 3. The predicted octanol–water partition coefficient (Wildman–Crippen LogP) is 3.06. The second-order valence-corrected chi connectivity index (χ2v) is 3.62. The first-order chi connectivity index (χ1) is 7.74. The van der Waals surface area contributed by atoms with Crippen LogP contribution < -0.4 is 0 Å². The van der Waals surface area contributed by atoms with E-state index in [2.05, 4.69) is 4.98 Å². The number of nitrogens with zero attached hydrogens (tertiary/aromatic N) is 1. The number of halogens is 1. The molecular formula is C12H10ClNO2. The third kappa shape index (κ3) is 1.86. The van der Waals surface area contributed by atoms with Gasteiger partial charge in [0.05, 0.1) is 22.7 Å². The Kier molecular flexibility index (Phi) is 3.06. The number of aromatic nitrogens is 1. The molecule has 3 nitrogen and oxygen atoms in total. The second-order valence-electron chi connectivity index (χ2n) is 3.21. The molecule has 0 fully saturated rings. The van der Waals surface area contributed by atoms with Crippen LogP contribution in [0.5, 0.6) is 0 Å². The normalized spacial score (nSPS) is 10.4. The number of esters is 1. The fourth-order valence-electron chi connectivity index (χ4n) is 1.54. The lowest BCUT2D eigenvalue weighted by molar-refractivity contribution is 0.0528. The zero-order valence-corrected chi connectivity index (χ0v) is 9.49. The van der Waals surface area contributed by atoms with Gasteiger partial charge in [0.15, 0.2) is 0 Å². The highest BCUT2D eigenvalue weighted by Crippen LogP contribution is 2.25. The average Bonchev–Trinajstić information content (AvgIpc) is 2.29. The Labute approximate surface area is 98.0 Å². The molecule has 16 heavy (non-hydrogen) atoms. The minimum atomic E-state index is -0.372. The fourth-order valence-corrected chi connectivity index (χ4v) is 1.81. The number of benzene rings is 1. The van der Waals surface area contributed by atoms with E-state index in [1.165, 1.54) is 0 Å². The van der Waals surface area contributed by atoms with Crippen LogP contribution >= 0.6 is 11.6 Å². The Morgan fingerprint density at radius 3 is 3.00 bits per heavy atom. The minimum Gasteiger partial charge on any atom is -0.462 e. The molecule has 1 aromatic heterocycles. The molecule has 0 atom stereocenters. The van der Waals surface area contributed by atoms with E-state index in [1.807, 2.05) is 6.07 Å². The molecule has 82 valence electrons. The van der Waals surface area contributed by atoms with Crippen LogP contribution in [0.15, 0.2) is 30.5 Å². The topological polar surface area (TPSA) is 39.2 Å². The molecule has 2 rings (SSSR count). The monoisotopic (exact) mass is 235 g/mol. The molecule has 0 N–H and O–H groups in total. The summed E-state index contributed by atoms with van der Waals surface area (Å²) in [6.07, 6.45) is 1.57. The predicted molar refractivity (Wildman–Crippen MR) is 62.7 cm³/mol. The van der Waals surface area contributed by atoms with E-state index in [9.17, 15) is 4.79 Å². The summed E-state index contributed by atoms with van der Waals surface area (Å²) in [6.45, 7) is 2.11. The summed E-state index contributed by atoms with van der Waals surface area (Å²) in [5.41, 5.74) is 1.15. The Balaban J connectivity index is 2.65. The smallest absolute Gasteiger partial charge is 0.338 e. The number of hydrogen-bond donors (Lipinski definition) is 0. The fraction of sp³-hybridized carbons (Fsp3) is 0.167. The van der Waals surface area contributed by atoms with Crippen molar-refractivity contribution in [3.05, 3.63) is 41.0 Å². The molecule has 0 saturated carbocycles. The van der Waals surface area contributed by atoms with E-state index < -0.39 is 0 Å². The van der Waals surface area contributed by atoms with Crippen molar-refractivity contribution in [3.8, 4) is 0 Å². The maximum atomic E-state index is 11.7. The molecule has 0 aliphatic carbocycles. The minimum absolute atomic E-state index is 0.340. The van der Waals surface area contributed by atoms with Crippen molar-refractivity contribution in [3.63, 3.8) is 0 Å². The van der Waals surface area contributed by atoms with Gasteiger partial charge in [-0.15, -0.1) is 0 Å². The summed E-state index contributed by atoms with van der Waals surface area (Å²) in [5.74, 6) is -0.372. The van der Waals surface area contributed by atoms with Gasteiger partial charge in [-0.25, -0.2) is 4.79 Å². The van der Waals surface area contributed by atoms with Crippen LogP contribution in [0.1, 0.15) is 17.3 Å². The molecule has 0 unspecified atom stereocenters. The molecule has 0 amide bonds. The zero-order chi connectivity index (χ0) is 11.5. The SMILES string of the molecule is CCOC(=O)c1ccnc2cccc(Cl)c12. The van der Waals surface area contributed by atoms with Gasteiger partial charge in [0, 0.05) is 11.6 Å². The highest BCUT2D eigenvalue weighted by molar-refractivity contribution is 6.36. The summed E-state index contributed by atoms with van der Waals surface area (Å²) in [7, 11) is 0. The highest BCUT2D eigenvalue weighted by Gasteiger charge is 2.13. The molecule has 0 radical (unpaired) electrons.